The highest BCUT2D eigenvalue weighted by molar-refractivity contribution is 5.96. The number of likely N-dealkylation sites (N-methyl/N-ethyl adjacent to an activating group) is 1. The van der Waals surface area contributed by atoms with E-state index in [1.165, 1.54) is 12.5 Å². The van der Waals surface area contributed by atoms with Gasteiger partial charge in [0.05, 0.1) is 5.69 Å². The van der Waals surface area contributed by atoms with Crippen LogP contribution in [0.5, 0.6) is 0 Å². The van der Waals surface area contributed by atoms with Gasteiger partial charge in [-0.2, -0.15) is 0 Å². The van der Waals surface area contributed by atoms with E-state index < -0.39 is 11.9 Å². The molecule has 0 spiro atoms. The number of carbonyl (C=O) groups is 1. The second kappa shape index (κ2) is 10.0. The van der Waals surface area contributed by atoms with Gasteiger partial charge in [-0.3, -0.25) is 9.69 Å². The molecule has 1 aliphatic heterocycles. The Kier molecular flexibility index (Phi) is 6.95. The lowest BCUT2D eigenvalue weighted by Gasteiger charge is -2.29. The van der Waals surface area contributed by atoms with Crippen LogP contribution >= 0.6 is 0 Å². The van der Waals surface area contributed by atoms with Crippen LogP contribution in [0.3, 0.4) is 0 Å². The first kappa shape index (κ1) is 22.1. The van der Waals surface area contributed by atoms with Gasteiger partial charge in [0.2, 0.25) is 5.91 Å². The second-order valence-corrected chi connectivity index (χ2v) is 8.12. The lowest BCUT2D eigenvalue weighted by Crippen LogP contribution is -2.37. The summed E-state index contributed by atoms with van der Waals surface area (Å²) in [6.07, 6.45) is 4.25. The quantitative estimate of drug-likeness (QED) is 0.577. The van der Waals surface area contributed by atoms with E-state index in [1.807, 2.05) is 44.2 Å². The van der Waals surface area contributed by atoms with Crippen molar-refractivity contribution in [3.63, 3.8) is 0 Å². The number of halogens is 1. The summed E-state index contributed by atoms with van der Waals surface area (Å²) in [5.41, 5.74) is 1.79. The van der Waals surface area contributed by atoms with Crippen molar-refractivity contribution in [2.45, 2.75) is 52.1 Å². The van der Waals surface area contributed by atoms with Crippen LogP contribution < -0.4 is 5.32 Å². The highest BCUT2D eigenvalue weighted by atomic mass is 19.1. The molecule has 1 aromatic heterocycles. The molecule has 0 radical (unpaired) electrons. The first-order valence-electron chi connectivity index (χ1n) is 11.4. The Balaban J connectivity index is 1.64. The maximum atomic E-state index is 14.7. The van der Waals surface area contributed by atoms with Crippen LogP contribution in [0.4, 0.5) is 10.1 Å². The molecule has 0 aliphatic carbocycles. The molecule has 168 valence electrons. The molecule has 32 heavy (non-hydrogen) atoms. The Hall–Kier alpha value is -3.06. The fraction of sp³-hybridized carbons (Fsp3) is 0.400. The molecule has 3 aromatic rings. The number of rotatable bonds is 7. The van der Waals surface area contributed by atoms with Gasteiger partial charge in [-0.15, -0.1) is 10.2 Å². The average Bonchev–Trinajstić information content (AvgIpc) is 3.07. The SMILES string of the molecule is CCN(CC)C(C(=O)Nc1cc(-c2nnc3n2CCCCC3)ccc1F)c1ccccc1. The Morgan fingerprint density at radius 2 is 1.88 bits per heavy atom. The number of carbonyl (C=O) groups excluding carboxylic acids is 1. The number of anilines is 1. The summed E-state index contributed by atoms with van der Waals surface area (Å²) in [4.78, 5) is 15.4. The van der Waals surface area contributed by atoms with Gasteiger partial charge < -0.3 is 9.88 Å². The molecule has 0 saturated carbocycles. The molecule has 4 rings (SSSR count). The number of aromatic nitrogens is 3. The fourth-order valence-electron chi connectivity index (χ4n) is 4.41. The van der Waals surface area contributed by atoms with E-state index in [0.29, 0.717) is 13.1 Å². The summed E-state index contributed by atoms with van der Waals surface area (Å²) in [6, 6.07) is 13.9. The lowest BCUT2D eigenvalue weighted by molar-refractivity contribution is -0.121. The van der Waals surface area contributed by atoms with Crippen molar-refractivity contribution in [3.8, 4) is 11.4 Å². The molecule has 0 fully saturated rings. The van der Waals surface area contributed by atoms with Gasteiger partial charge in [0.1, 0.15) is 17.7 Å². The molecule has 0 saturated heterocycles. The standard InChI is InChI=1S/C25H30FN5O/c1-3-30(4-2)23(18-11-7-5-8-12-18)25(32)27-21-17-19(14-15-20(21)26)24-29-28-22-13-9-6-10-16-31(22)24/h5,7-8,11-12,14-15,17,23H,3-4,6,9-10,13,16H2,1-2H3,(H,27,32). The van der Waals surface area contributed by atoms with Crippen molar-refractivity contribution in [2.24, 2.45) is 0 Å². The minimum atomic E-state index is -0.501. The number of nitrogens with zero attached hydrogens (tertiary/aromatic N) is 4. The molecule has 1 N–H and O–H groups in total. The number of hydrogen-bond acceptors (Lipinski definition) is 4. The zero-order chi connectivity index (χ0) is 22.5. The molecule has 1 aliphatic rings. The maximum absolute atomic E-state index is 14.7. The Morgan fingerprint density at radius 3 is 2.62 bits per heavy atom. The van der Waals surface area contributed by atoms with E-state index in [0.717, 1.165) is 48.6 Å². The van der Waals surface area contributed by atoms with Crippen molar-refractivity contribution >= 4 is 11.6 Å². The zero-order valence-corrected chi connectivity index (χ0v) is 18.7. The van der Waals surface area contributed by atoms with E-state index >= 15 is 0 Å². The van der Waals surface area contributed by atoms with Gasteiger partial charge in [0.25, 0.3) is 0 Å². The summed E-state index contributed by atoms with van der Waals surface area (Å²) in [5.74, 6) is 0.971. The Labute approximate surface area is 188 Å². The van der Waals surface area contributed by atoms with E-state index in [1.54, 1.807) is 12.1 Å². The number of amides is 1. The zero-order valence-electron chi connectivity index (χ0n) is 18.7. The normalized spacial score (nSPS) is 14.6. The number of nitrogens with one attached hydrogen (secondary N) is 1. The third-order valence-electron chi connectivity index (χ3n) is 6.13. The molecule has 1 atom stereocenters. The number of benzene rings is 2. The van der Waals surface area contributed by atoms with Crippen molar-refractivity contribution < 1.29 is 9.18 Å². The van der Waals surface area contributed by atoms with Crippen molar-refractivity contribution in [2.75, 3.05) is 18.4 Å². The second-order valence-electron chi connectivity index (χ2n) is 8.12. The summed E-state index contributed by atoms with van der Waals surface area (Å²) in [7, 11) is 0. The van der Waals surface area contributed by atoms with E-state index in [4.69, 9.17) is 0 Å². The van der Waals surface area contributed by atoms with Crippen LogP contribution in [-0.4, -0.2) is 38.7 Å². The van der Waals surface area contributed by atoms with Gasteiger partial charge in [-0.1, -0.05) is 50.6 Å². The molecule has 1 unspecified atom stereocenters. The van der Waals surface area contributed by atoms with Crippen LogP contribution in [0.15, 0.2) is 48.5 Å². The molecule has 1 amide bonds. The monoisotopic (exact) mass is 435 g/mol. The summed E-state index contributed by atoms with van der Waals surface area (Å²) in [5, 5.41) is 11.6. The van der Waals surface area contributed by atoms with Crippen molar-refractivity contribution in [1.29, 1.82) is 0 Å². The van der Waals surface area contributed by atoms with Crippen LogP contribution in [0, 0.1) is 5.82 Å². The highest BCUT2D eigenvalue weighted by Gasteiger charge is 2.27. The summed E-state index contributed by atoms with van der Waals surface area (Å²) >= 11 is 0. The van der Waals surface area contributed by atoms with Crippen molar-refractivity contribution in [3.05, 3.63) is 65.7 Å². The van der Waals surface area contributed by atoms with Gasteiger partial charge in [-0.05, 0) is 49.7 Å². The highest BCUT2D eigenvalue weighted by Crippen LogP contribution is 2.28. The number of fused-ring (bicyclic) bond motifs is 1. The minimum absolute atomic E-state index is 0.159. The van der Waals surface area contributed by atoms with E-state index in [2.05, 4.69) is 25.0 Å². The van der Waals surface area contributed by atoms with Crippen LogP contribution in [0.1, 0.15) is 50.5 Å². The largest absolute Gasteiger partial charge is 0.322 e. The molecular formula is C25H30FN5O. The maximum Gasteiger partial charge on any atom is 0.246 e. The van der Waals surface area contributed by atoms with Gasteiger partial charge in [0.15, 0.2) is 5.82 Å². The summed E-state index contributed by atoms with van der Waals surface area (Å²) in [6.45, 7) is 6.31. The van der Waals surface area contributed by atoms with E-state index in [-0.39, 0.29) is 11.6 Å². The molecule has 0 bridgehead atoms. The first-order valence-corrected chi connectivity index (χ1v) is 11.4. The number of hydrogen-bond donors (Lipinski definition) is 1. The predicted molar refractivity (Wildman–Crippen MR) is 124 cm³/mol. The van der Waals surface area contributed by atoms with Crippen molar-refractivity contribution in [1.82, 2.24) is 19.7 Å². The predicted octanol–water partition coefficient (Wildman–Crippen LogP) is 4.83. The Bertz CT molecular complexity index is 1060. The summed E-state index contributed by atoms with van der Waals surface area (Å²) < 4.78 is 16.9. The van der Waals surface area contributed by atoms with E-state index in [9.17, 15) is 9.18 Å². The van der Waals surface area contributed by atoms with Gasteiger partial charge in [0, 0.05) is 18.5 Å². The fourth-order valence-corrected chi connectivity index (χ4v) is 4.41. The lowest BCUT2D eigenvalue weighted by atomic mass is 10.0. The topological polar surface area (TPSA) is 63.1 Å². The van der Waals surface area contributed by atoms with Gasteiger partial charge in [-0.25, -0.2) is 4.39 Å². The molecule has 2 heterocycles. The number of aryl methyl sites for hydroxylation is 1. The molecular weight excluding hydrogens is 405 g/mol. The first-order chi connectivity index (χ1) is 15.6. The Morgan fingerprint density at radius 1 is 1.09 bits per heavy atom. The third kappa shape index (κ3) is 4.58. The minimum Gasteiger partial charge on any atom is -0.322 e. The smallest absolute Gasteiger partial charge is 0.246 e. The van der Waals surface area contributed by atoms with Gasteiger partial charge >= 0.3 is 0 Å². The van der Waals surface area contributed by atoms with Crippen LogP contribution in [-0.2, 0) is 17.8 Å². The third-order valence-corrected chi connectivity index (χ3v) is 6.13. The molecule has 7 heteroatoms. The van der Waals surface area contributed by atoms with Crippen LogP contribution in [0.2, 0.25) is 0 Å². The van der Waals surface area contributed by atoms with Crippen LogP contribution in [0.25, 0.3) is 11.4 Å². The molecule has 2 aromatic carbocycles. The average molecular weight is 436 g/mol. The molecule has 6 nitrogen and oxygen atoms in total.